The SMILES string of the molecule is FC(F)(F)c1cnc(Nc2nc(C3CCNCC3)cs2)nc1N1OCCC1c1ccccc1. The number of halogens is 3. The Morgan fingerprint density at radius 3 is 2.64 bits per heavy atom. The summed E-state index contributed by atoms with van der Waals surface area (Å²) in [6, 6.07) is 8.94. The first-order valence-electron chi connectivity index (χ1n) is 10.8. The van der Waals surface area contributed by atoms with Crippen LogP contribution in [-0.2, 0) is 11.0 Å². The Bertz CT molecular complexity index is 1090. The maximum atomic E-state index is 13.8. The summed E-state index contributed by atoms with van der Waals surface area (Å²) in [5.74, 6) is 0.125. The van der Waals surface area contributed by atoms with Gasteiger partial charge in [-0.1, -0.05) is 30.3 Å². The standard InChI is InChI=1S/C22H23F3N6OS/c23-22(24,25)16-12-27-20(30-21-28-17(13-33-21)14-6-9-26-10-7-14)29-19(16)31-18(8-11-32-31)15-4-2-1-3-5-15/h1-5,12-14,18,26H,6-11H2,(H,27,28,29,30). The quantitative estimate of drug-likeness (QED) is 0.534. The van der Waals surface area contributed by atoms with Gasteiger partial charge in [0.2, 0.25) is 5.95 Å². The molecule has 0 aliphatic carbocycles. The zero-order chi connectivity index (χ0) is 22.8. The maximum absolute atomic E-state index is 13.8. The van der Waals surface area contributed by atoms with Gasteiger partial charge in [-0.15, -0.1) is 11.3 Å². The number of anilines is 3. The summed E-state index contributed by atoms with van der Waals surface area (Å²) in [6.07, 6.45) is -1.24. The average molecular weight is 477 g/mol. The number of hydrogen-bond acceptors (Lipinski definition) is 8. The monoisotopic (exact) mass is 476 g/mol. The number of alkyl halides is 3. The van der Waals surface area contributed by atoms with Gasteiger partial charge in [0.05, 0.1) is 18.3 Å². The summed E-state index contributed by atoms with van der Waals surface area (Å²) in [5, 5.41) is 10.1. The second-order valence-corrected chi connectivity index (χ2v) is 8.89. The van der Waals surface area contributed by atoms with Gasteiger partial charge >= 0.3 is 6.18 Å². The van der Waals surface area contributed by atoms with E-state index in [1.54, 1.807) is 0 Å². The van der Waals surface area contributed by atoms with Crippen LogP contribution in [0.4, 0.5) is 30.1 Å². The van der Waals surface area contributed by atoms with E-state index in [1.807, 2.05) is 35.7 Å². The number of nitrogens with zero attached hydrogens (tertiary/aromatic N) is 4. The molecule has 174 valence electrons. The molecule has 2 aliphatic heterocycles. The molecule has 0 spiro atoms. The van der Waals surface area contributed by atoms with Gasteiger partial charge < -0.3 is 5.32 Å². The van der Waals surface area contributed by atoms with E-state index in [2.05, 4.69) is 25.6 Å². The van der Waals surface area contributed by atoms with Gasteiger partial charge in [0, 0.05) is 23.9 Å². The van der Waals surface area contributed by atoms with E-state index in [4.69, 9.17) is 4.84 Å². The van der Waals surface area contributed by atoms with Crippen molar-refractivity contribution in [1.29, 1.82) is 0 Å². The largest absolute Gasteiger partial charge is 0.421 e. The number of aromatic nitrogens is 3. The van der Waals surface area contributed by atoms with Crippen LogP contribution in [0.3, 0.4) is 0 Å². The van der Waals surface area contributed by atoms with Gasteiger partial charge in [-0.05, 0) is 31.5 Å². The zero-order valence-electron chi connectivity index (χ0n) is 17.7. The molecule has 4 heterocycles. The minimum absolute atomic E-state index is 0.0477. The third-order valence-electron chi connectivity index (χ3n) is 5.87. The number of piperidine rings is 1. The fourth-order valence-electron chi connectivity index (χ4n) is 4.20. The predicted molar refractivity (Wildman–Crippen MR) is 120 cm³/mol. The summed E-state index contributed by atoms with van der Waals surface area (Å²) in [4.78, 5) is 18.4. The van der Waals surface area contributed by atoms with Crippen molar-refractivity contribution in [3.63, 3.8) is 0 Å². The first kappa shape index (κ1) is 22.1. The van der Waals surface area contributed by atoms with Gasteiger partial charge in [0.15, 0.2) is 10.9 Å². The molecule has 0 radical (unpaired) electrons. The Morgan fingerprint density at radius 2 is 1.88 bits per heavy atom. The van der Waals surface area contributed by atoms with Crippen molar-refractivity contribution >= 4 is 28.2 Å². The Morgan fingerprint density at radius 1 is 1.09 bits per heavy atom. The average Bonchev–Trinajstić information content (AvgIpc) is 3.49. The molecule has 0 saturated carbocycles. The summed E-state index contributed by atoms with van der Waals surface area (Å²) < 4.78 is 41.4. The molecule has 3 aromatic rings. The Labute approximate surface area is 193 Å². The van der Waals surface area contributed by atoms with Crippen LogP contribution in [-0.4, -0.2) is 34.6 Å². The molecule has 1 aromatic carbocycles. The lowest BCUT2D eigenvalue weighted by atomic mass is 9.96. The van der Waals surface area contributed by atoms with Crippen LogP contribution in [0.25, 0.3) is 0 Å². The third kappa shape index (κ3) is 4.80. The molecule has 11 heteroatoms. The molecule has 1 unspecified atom stereocenters. The molecule has 2 fully saturated rings. The molecule has 5 rings (SSSR count). The lowest BCUT2D eigenvalue weighted by Crippen LogP contribution is -2.26. The minimum Gasteiger partial charge on any atom is -0.317 e. The molecule has 2 N–H and O–H groups in total. The van der Waals surface area contributed by atoms with Crippen molar-refractivity contribution in [2.24, 2.45) is 0 Å². The highest BCUT2D eigenvalue weighted by Crippen LogP contribution is 2.41. The smallest absolute Gasteiger partial charge is 0.317 e. The van der Waals surface area contributed by atoms with Crippen LogP contribution in [0.1, 0.15) is 48.0 Å². The van der Waals surface area contributed by atoms with E-state index < -0.39 is 11.7 Å². The zero-order valence-corrected chi connectivity index (χ0v) is 18.5. The van der Waals surface area contributed by atoms with Crippen molar-refractivity contribution in [2.75, 3.05) is 30.1 Å². The molecule has 2 aromatic heterocycles. The number of hydrogen-bond donors (Lipinski definition) is 2. The second kappa shape index (κ2) is 9.24. The number of hydroxylamine groups is 1. The highest BCUT2D eigenvalue weighted by Gasteiger charge is 2.40. The molecule has 2 aliphatic rings. The number of rotatable bonds is 5. The van der Waals surface area contributed by atoms with Crippen LogP contribution in [0.5, 0.6) is 0 Å². The fraction of sp³-hybridized carbons (Fsp3) is 0.409. The fourth-order valence-corrected chi connectivity index (χ4v) is 4.99. The molecule has 33 heavy (non-hydrogen) atoms. The van der Waals surface area contributed by atoms with Crippen molar-refractivity contribution in [2.45, 2.75) is 37.4 Å². The molecule has 0 bridgehead atoms. The second-order valence-electron chi connectivity index (χ2n) is 8.03. The highest BCUT2D eigenvalue weighted by molar-refractivity contribution is 7.13. The first-order chi connectivity index (χ1) is 16.0. The molecular weight excluding hydrogens is 453 g/mol. The number of benzene rings is 1. The van der Waals surface area contributed by atoms with Crippen molar-refractivity contribution in [3.05, 3.63) is 58.7 Å². The number of thiazole rings is 1. The maximum Gasteiger partial charge on any atom is 0.421 e. The van der Waals surface area contributed by atoms with Crippen molar-refractivity contribution < 1.29 is 18.0 Å². The third-order valence-corrected chi connectivity index (χ3v) is 6.65. The molecular formula is C22H23F3N6OS. The van der Waals surface area contributed by atoms with Crippen LogP contribution in [0, 0.1) is 0 Å². The Balaban J connectivity index is 1.43. The van der Waals surface area contributed by atoms with Crippen LogP contribution in [0.2, 0.25) is 0 Å². The summed E-state index contributed by atoms with van der Waals surface area (Å²) in [7, 11) is 0. The molecule has 1 atom stereocenters. The van der Waals surface area contributed by atoms with E-state index in [1.165, 1.54) is 16.4 Å². The van der Waals surface area contributed by atoms with Crippen LogP contribution in [0.15, 0.2) is 41.9 Å². The van der Waals surface area contributed by atoms with E-state index in [-0.39, 0.29) is 17.8 Å². The normalized spacial score (nSPS) is 19.7. The lowest BCUT2D eigenvalue weighted by Gasteiger charge is -2.26. The van der Waals surface area contributed by atoms with Crippen molar-refractivity contribution in [1.82, 2.24) is 20.3 Å². The highest BCUT2D eigenvalue weighted by atomic mass is 32.1. The minimum atomic E-state index is -4.62. The van der Waals surface area contributed by atoms with E-state index in [9.17, 15) is 13.2 Å². The van der Waals surface area contributed by atoms with Crippen molar-refractivity contribution in [3.8, 4) is 0 Å². The van der Waals surface area contributed by atoms with Crippen LogP contribution >= 0.6 is 11.3 Å². The summed E-state index contributed by atoms with van der Waals surface area (Å²) in [6.45, 7) is 2.21. The van der Waals surface area contributed by atoms with E-state index >= 15 is 0 Å². The molecule has 2 saturated heterocycles. The van der Waals surface area contributed by atoms with Gasteiger partial charge in [0.25, 0.3) is 0 Å². The van der Waals surface area contributed by atoms with Gasteiger partial charge in [0.1, 0.15) is 5.56 Å². The summed E-state index contributed by atoms with van der Waals surface area (Å²) in [5.41, 5.74) is 0.913. The summed E-state index contributed by atoms with van der Waals surface area (Å²) >= 11 is 1.39. The van der Waals surface area contributed by atoms with E-state index in [0.29, 0.717) is 24.1 Å². The van der Waals surface area contributed by atoms with E-state index in [0.717, 1.165) is 43.4 Å². The topological polar surface area (TPSA) is 75.2 Å². The Kier molecular flexibility index (Phi) is 6.17. The molecule has 7 nitrogen and oxygen atoms in total. The van der Waals surface area contributed by atoms with Gasteiger partial charge in [-0.25, -0.2) is 15.0 Å². The Hall–Kier alpha value is -2.76. The van der Waals surface area contributed by atoms with Gasteiger partial charge in [-0.3, -0.25) is 10.2 Å². The predicted octanol–water partition coefficient (Wildman–Crippen LogP) is 5.05. The number of nitrogens with one attached hydrogen (secondary N) is 2. The lowest BCUT2D eigenvalue weighted by molar-refractivity contribution is -0.138. The molecule has 0 amide bonds. The van der Waals surface area contributed by atoms with Crippen LogP contribution < -0.4 is 15.7 Å². The van der Waals surface area contributed by atoms with Gasteiger partial charge in [-0.2, -0.15) is 18.2 Å². The first-order valence-corrected chi connectivity index (χ1v) is 11.7.